The predicted octanol–water partition coefficient (Wildman–Crippen LogP) is 0.893. The molecular weight excluding hydrogens is 190 g/mol. The summed E-state index contributed by atoms with van der Waals surface area (Å²) >= 11 is 0. The van der Waals surface area contributed by atoms with Crippen molar-refractivity contribution >= 4 is 5.96 Å². The second-order valence-electron chi connectivity index (χ2n) is 4.16. The summed E-state index contributed by atoms with van der Waals surface area (Å²) in [4.78, 5) is 4.28. The van der Waals surface area contributed by atoms with Gasteiger partial charge in [0.2, 0.25) is 0 Å². The van der Waals surface area contributed by atoms with Crippen LogP contribution in [-0.4, -0.2) is 32.3 Å². The monoisotopic (exact) mass is 211 g/mol. The second kappa shape index (κ2) is 6.45. The molecule has 1 aliphatic rings. The summed E-state index contributed by atoms with van der Waals surface area (Å²) in [6, 6.07) is 0. The lowest BCUT2D eigenvalue weighted by Gasteiger charge is -2.12. The SMILES string of the molecule is CC(C)CNC(N)=NCC1=CCOCC1. The fourth-order valence-corrected chi connectivity index (χ4v) is 1.26. The van der Waals surface area contributed by atoms with E-state index >= 15 is 0 Å². The van der Waals surface area contributed by atoms with E-state index in [0.717, 1.165) is 19.6 Å². The highest BCUT2D eigenvalue weighted by Gasteiger charge is 2.02. The first-order chi connectivity index (χ1) is 7.18. The minimum absolute atomic E-state index is 0.538. The first kappa shape index (κ1) is 12.0. The van der Waals surface area contributed by atoms with Gasteiger partial charge in [0.1, 0.15) is 0 Å². The second-order valence-corrected chi connectivity index (χ2v) is 4.16. The predicted molar refractivity (Wildman–Crippen MR) is 62.8 cm³/mol. The number of aliphatic imine (C=N–C) groups is 1. The number of hydrogen-bond acceptors (Lipinski definition) is 2. The van der Waals surface area contributed by atoms with Crippen LogP contribution in [0.5, 0.6) is 0 Å². The Bertz CT molecular complexity index is 246. The van der Waals surface area contributed by atoms with E-state index in [2.05, 4.69) is 30.2 Å². The molecule has 3 N–H and O–H groups in total. The molecule has 1 rings (SSSR count). The normalized spacial score (nSPS) is 17.8. The molecule has 0 fully saturated rings. The topological polar surface area (TPSA) is 59.6 Å². The number of nitrogens with one attached hydrogen (secondary N) is 1. The van der Waals surface area contributed by atoms with Gasteiger partial charge in [-0.25, -0.2) is 4.99 Å². The third kappa shape index (κ3) is 5.42. The van der Waals surface area contributed by atoms with Crippen LogP contribution in [0.3, 0.4) is 0 Å². The highest BCUT2D eigenvalue weighted by atomic mass is 16.5. The van der Waals surface area contributed by atoms with Crippen LogP contribution in [0.2, 0.25) is 0 Å². The van der Waals surface area contributed by atoms with Gasteiger partial charge in [-0.1, -0.05) is 19.9 Å². The molecule has 15 heavy (non-hydrogen) atoms. The first-order valence-electron chi connectivity index (χ1n) is 5.48. The maximum atomic E-state index is 5.72. The standard InChI is InChI=1S/C11H21N3O/c1-9(2)7-13-11(12)14-8-10-3-5-15-6-4-10/h3,9H,4-8H2,1-2H3,(H3,12,13,14). The van der Waals surface area contributed by atoms with Gasteiger partial charge in [-0.3, -0.25) is 0 Å². The molecule has 0 spiro atoms. The van der Waals surface area contributed by atoms with Gasteiger partial charge in [-0.2, -0.15) is 0 Å². The molecule has 0 radical (unpaired) electrons. The average Bonchev–Trinajstić information content (AvgIpc) is 2.25. The van der Waals surface area contributed by atoms with Crippen LogP contribution in [0.25, 0.3) is 0 Å². The first-order valence-corrected chi connectivity index (χ1v) is 5.48. The van der Waals surface area contributed by atoms with Gasteiger partial charge in [0.15, 0.2) is 5.96 Å². The minimum atomic E-state index is 0.538. The van der Waals surface area contributed by atoms with Gasteiger partial charge in [-0.05, 0) is 17.9 Å². The quantitative estimate of drug-likeness (QED) is 0.412. The number of ether oxygens (including phenoxy) is 1. The molecule has 0 amide bonds. The molecule has 1 aliphatic heterocycles. The van der Waals surface area contributed by atoms with Gasteiger partial charge in [-0.15, -0.1) is 0 Å². The Kier molecular flexibility index (Phi) is 5.18. The number of nitrogens with zero attached hydrogens (tertiary/aromatic N) is 1. The molecule has 0 unspecified atom stereocenters. The number of hydrogen-bond donors (Lipinski definition) is 2. The van der Waals surface area contributed by atoms with E-state index in [0.29, 0.717) is 25.0 Å². The van der Waals surface area contributed by atoms with Crippen LogP contribution in [-0.2, 0) is 4.74 Å². The summed E-state index contributed by atoms with van der Waals surface area (Å²) in [7, 11) is 0. The van der Waals surface area contributed by atoms with E-state index in [1.165, 1.54) is 5.57 Å². The van der Waals surface area contributed by atoms with Crippen LogP contribution in [0.4, 0.5) is 0 Å². The summed E-state index contributed by atoms with van der Waals surface area (Å²) in [5.41, 5.74) is 7.03. The van der Waals surface area contributed by atoms with Crippen molar-refractivity contribution in [2.75, 3.05) is 26.3 Å². The smallest absolute Gasteiger partial charge is 0.188 e. The van der Waals surface area contributed by atoms with Gasteiger partial charge in [0.25, 0.3) is 0 Å². The Hall–Kier alpha value is -1.03. The lowest BCUT2D eigenvalue weighted by molar-refractivity contribution is 0.154. The van der Waals surface area contributed by atoms with E-state index < -0.39 is 0 Å². The summed E-state index contributed by atoms with van der Waals surface area (Å²) in [5.74, 6) is 1.12. The molecular formula is C11H21N3O. The van der Waals surface area contributed by atoms with Crippen LogP contribution in [0.1, 0.15) is 20.3 Å². The molecule has 0 bridgehead atoms. The van der Waals surface area contributed by atoms with Crippen LogP contribution < -0.4 is 11.1 Å². The highest BCUT2D eigenvalue weighted by molar-refractivity contribution is 5.77. The maximum Gasteiger partial charge on any atom is 0.188 e. The largest absolute Gasteiger partial charge is 0.377 e. The van der Waals surface area contributed by atoms with Crippen molar-refractivity contribution in [3.05, 3.63) is 11.6 Å². The molecule has 4 heteroatoms. The van der Waals surface area contributed by atoms with Gasteiger partial charge < -0.3 is 15.8 Å². The van der Waals surface area contributed by atoms with Crippen molar-refractivity contribution in [2.45, 2.75) is 20.3 Å². The lowest BCUT2D eigenvalue weighted by atomic mass is 10.1. The molecule has 0 aromatic rings. The highest BCUT2D eigenvalue weighted by Crippen LogP contribution is 2.07. The summed E-state index contributed by atoms with van der Waals surface area (Å²) in [6.07, 6.45) is 3.06. The molecule has 0 saturated carbocycles. The number of guanidine groups is 1. The summed E-state index contributed by atoms with van der Waals surface area (Å²) < 4.78 is 5.21. The van der Waals surface area contributed by atoms with Crippen LogP contribution >= 0.6 is 0 Å². The Labute approximate surface area is 91.6 Å². The molecule has 0 saturated heterocycles. The molecule has 1 heterocycles. The van der Waals surface area contributed by atoms with E-state index in [1.807, 2.05) is 0 Å². The van der Waals surface area contributed by atoms with E-state index in [1.54, 1.807) is 0 Å². The average molecular weight is 211 g/mol. The van der Waals surface area contributed by atoms with E-state index in [4.69, 9.17) is 10.5 Å². The minimum Gasteiger partial charge on any atom is -0.377 e. The fraction of sp³-hybridized carbons (Fsp3) is 0.727. The third-order valence-corrected chi connectivity index (χ3v) is 2.20. The summed E-state index contributed by atoms with van der Waals surface area (Å²) in [6.45, 7) is 7.37. The molecule has 0 aromatic heterocycles. The maximum absolute atomic E-state index is 5.72. The van der Waals surface area contributed by atoms with Crippen molar-refractivity contribution in [3.63, 3.8) is 0 Å². The number of rotatable bonds is 4. The molecule has 0 atom stereocenters. The third-order valence-electron chi connectivity index (χ3n) is 2.20. The Morgan fingerprint density at radius 3 is 3.07 bits per heavy atom. The molecule has 0 aromatic carbocycles. The lowest BCUT2D eigenvalue weighted by Crippen LogP contribution is -2.34. The van der Waals surface area contributed by atoms with E-state index in [9.17, 15) is 0 Å². The molecule has 0 aliphatic carbocycles. The molecule has 4 nitrogen and oxygen atoms in total. The van der Waals surface area contributed by atoms with Gasteiger partial charge in [0, 0.05) is 6.54 Å². The molecule has 86 valence electrons. The number of nitrogens with two attached hydrogens (primary N) is 1. The zero-order valence-corrected chi connectivity index (χ0v) is 9.62. The summed E-state index contributed by atoms with van der Waals surface area (Å²) in [5, 5.41) is 3.09. The van der Waals surface area contributed by atoms with Crippen LogP contribution in [0.15, 0.2) is 16.6 Å². The van der Waals surface area contributed by atoms with Gasteiger partial charge >= 0.3 is 0 Å². The zero-order valence-electron chi connectivity index (χ0n) is 9.62. The Morgan fingerprint density at radius 2 is 2.47 bits per heavy atom. The van der Waals surface area contributed by atoms with Crippen molar-refractivity contribution < 1.29 is 4.74 Å². The van der Waals surface area contributed by atoms with Crippen molar-refractivity contribution in [2.24, 2.45) is 16.6 Å². The zero-order chi connectivity index (χ0) is 11.1. The fourth-order valence-electron chi connectivity index (χ4n) is 1.26. The Balaban J connectivity index is 2.26. The van der Waals surface area contributed by atoms with Crippen molar-refractivity contribution in [3.8, 4) is 0 Å². The van der Waals surface area contributed by atoms with Crippen molar-refractivity contribution in [1.82, 2.24) is 5.32 Å². The Morgan fingerprint density at radius 1 is 1.67 bits per heavy atom. The van der Waals surface area contributed by atoms with Crippen LogP contribution in [0, 0.1) is 5.92 Å². The van der Waals surface area contributed by atoms with Crippen molar-refractivity contribution in [1.29, 1.82) is 0 Å². The van der Waals surface area contributed by atoms with E-state index in [-0.39, 0.29) is 0 Å². The van der Waals surface area contributed by atoms with Gasteiger partial charge in [0.05, 0.1) is 19.8 Å².